The summed E-state index contributed by atoms with van der Waals surface area (Å²) < 4.78 is 0. The molecule has 148 valence electrons. The molecule has 0 saturated carbocycles. The normalized spacial score (nSPS) is 11.0. The van der Waals surface area contributed by atoms with Crippen molar-refractivity contribution in [1.82, 2.24) is 0 Å². The summed E-state index contributed by atoms with van der Waals surface area (Å²) in [6, 6.07) is 2.83. The first kappa shape index (κ1) is 22.5. The third kappa shape index (κ3) is 9.26. The lowest BCUT2D eigenvalue weighted by Gasteiger charge is -2.07. The Hall–Kier alpha value is -1.51. The van der Waals surface area contributed by atoms with Gasteiger partial charge in [-0.05, 0) is 31.0 Å². The largest absolute Gasteiger partial charge is 0.508 e. The van der Waals surface area contributed by atoms with Crippen molar-refractivity contribution in [3.05, 3.63) is 23.3 Å². The molecule has 0 atom stereocenters. The smallest absolute Gasteiger partial charge is 0.166 e. The third-order valence-electron chi connectivity index (χ3n) is 5.12. The summed E-state index contributed by atoms with van der Waals surface area (Å²) in [7, 11) is 0. The predicted molar refractivity (Wildman–Crippen MR) is 109 cm³/mol. The molecule has 26 heavy (non-hydrogen) atoms. The second-order valence-electron chi connectivity index (χ2n) is 7.57. The number of aryl methyl sites for hydroxylation is 1. The lowest BCUT2D eigenvalue weighted by molar-refractivity contribution is 0.0976. The molecule has 0 saturated heterocycles. The number of hydrogen-bond acceptors (Lipinski definition) is 3. The zero-order valence-electron chi connectivity index (χ0n) is 16.9. The molecule has 0 aliphatic heterocycles. The highest BCUT2D eigenvalue weighted by Crippen LogP contribution is 2.28. The first-order valence-electron chi connectivity index (χ1n) is 10.6. The number of unbranched alkanes of at least 4 members (excludes halogenated alkanes) is 12. The summed E-state index contributed by atoms with van der Waals surface area (Å²) in [5.41, 5.74) is 0.826. The van der Waals surface area contributed by atoms with Crippen LogP contribution in [0.1, 0.15) is 113 Å². The number of aromatic hydroxyl groups is 2. The molecule has 0 bridgehead atoms. The van der Waals surface area contributed by atoms with Gasteiger partial charge in [-0.2, -0.15) is 0 Å². The highest BCUT2D eigenvalue weighted by atomic mass is 16.3. The molecule has 3 heteroatoms. The van der Waals surface area contributed by atoms with Crippen LogP contribution in [0.25, 0.3) is 0 Å². The van der Waals surface area contributed by atoms with Crippen LogP contribution in [0.5, 0.6) is 11.5 Å². The highest BCUT2D eigenvalue weighted by molar-refractivity contribution is 5.99. The van der Waals surface area contributed by atoms with Crippen LogP contribution in [0.4, 0.5) is 0 Å². The summed E-state index contributed by atoms with van der Waals surface area (Å²) in [5.74, 6) is -0.0441. The molecule has 0 aliphatic rings. The van der Waals surface area contributed by atoms with Crippen LogP contribution < -0.4 is 0 Å². The number of phenolic OH excluding ortho intramolecular Hbond substituents is 2. The summed E-state index contributed by atoms with van der Waals surface area (Å²) in [4.78, 5) is 12.2. The molecular formula is C23H38O3. The van der Waals surface area contributed by atoms with Gasteiger partial charge in [-0.15, -0.1) is 0 Å². The van der Waals surface area contributed by atoms with Crippen LogP contribution in [-0.2, 0) is 0 Å². The number of rotatable bonds is 15. The van der Waals surface area contributed by atoms with Gasteiger partial charge in [0.2, 0.25) is 0 Å². The van der Waals surface area contributed by atoms with E-state index < -0.39 is 0 Å². The monoisotopic (exact) mass is 362 g/mol. The Bertz CT molecular complexity index is 522. The van der Waals surface area contributed by atoms with Crippen LogP contribution in [0.15, 0.2) is 12.1 Å². The number of benzene rings is 1. The maximum atomic E-state index is 12.2. The van der Waals surface area contributed by atoms with E-state index >= 15 is 0 Å². The first-order valence-corrected chi connectivity index (χ1v) is 10.6. The van der Waals surface area contributed by atoms with Crippen LogP contribution >= 0.6 is 0 Å². The van der Waals surface area contributed by atoms with E-state index in [1.165, 1.54) is 82.8 Å². The molecule has 0 fully saturated rings. The zero-order valence-corrected chi connectivity index (χ0v) is 16.9. The van der Waals surface area contributed by atoms with Crippen molar-refractivity contribution in [2.75, 3.05) is 0 Å². The Morgan fingerprint density at radius 1 is 0.731 bits per heavy atom. The van der Waals surface area contributed by atoms with Crippen molar-refractivity contribution in [3.63, 3.8) is 0 Å². The van der Waals surface area contributed by atoms with E-state index in [1.54, 1.807) is 6.92 Å². The molecule has 0 aliphatic carbocycles. The molecular weight excluding hydrogens is 324 g/mol. The van der Waals surface area contributed by atoms with E-state index in [9.17, 15) is 15.0 Å². The van der Waals surface area contributed by atoms with Gasteiger partial charge in [-0.3, -0.25) is 4.79 Å². The number of hydrogen-bond donors (Lipinski definition) is 2. The van der Waals surface area contributed by atoms with Gasteiger partial charge in [0, 0.05) is 6.42 Å². The van der Waals surface area contributed by atoms with Crippen molar-refractivity contribution < 1.29 is 15.0 Å². The minimum atomic E-state index is -0.0825. The number of carbonyl (C=O) groups excluding carboxylic acids is 1. The van der Waals surface area contributed by atoms with Gasteiger partial charge in [-0.1, -0.05) is 84.0 Å². The summed E-state index contributed by atoms with van der Waals surface area (Å²) in [6.07, 6.45) is 17.0. The van der Waals surface area contributed by atoms with Crippen molar-refractivity contribution >= 4 is 5.78 Å². The SMILES string of the molecule is CCCCCCCCCCCCCCCC(=O)c1cc(O)c(C)cc1O. The molecule has 0 radical (unpaired) electrons. The van der Waals surface area contributed by atoms with Gasteiger partial charge in [-0.25, -0.2) is 0 Å². The molecule has 1 aromatic rings. The Balaban J connectivity index is 2.01. The van der Waals surface area contributed by atoms with Crippen LogP contribution in [-0.4, -0.2) is 16.0 Å². The van der Waals surface area contributed by atoms with E-state index in [0.29, 0.717) is 12.0 Å². The first-order chi connectivity index (χ1) is 12.6. The molecule has 0 spiro atoms. The second kappa shape index (κ2) is 13.7. The third-order valence-corrected chi connectivity index (χ3v) is 5.12. The zero-order chi connectivity index (χ0) is 19.2. The fraction of sp³-hybridized carbons (Fsp3) is 0.696. The van der Waals surface area contributed by atoms with Gasteiger partial charge < -0.3 is 10.2 Å². The van der Waals surface area contributed by atoms with Crippen molar-refractivity contribution in [1.29, 1.82) is 0 Å². The van der Waals surface area contributed by atoms with Gasteiger partial charge in [0.05, 0.1) is 5.56 Å². The van der Waals surface area contributed by atoms with E-state index in [2.05, 4.69) is 6.92 Å². The Kier molecular flexibility index (Phi) is 11.8. The highest BCUT2D eigenvalue weighted by Gasteiger charge is 2.13. The number of phenols is 2. The maximum Gasteiger partial charge on any atom is 0.166 e. The lowest BCUT2D eigenvalue weighted by Crippen LogP contribution is -2.00. The van der Waals surface area contributed by atoms with Gasteiger partial charge in [0.25, 0.3) is 0 Å². The molecule has 2 N–H and O–H groups in total. The molecule has 0 unspecified atom stereocenters. The maximum absolute atomic E-state index is 12.2. The van der Waals surface area contributed by atoms with Crippen molar-refractivity contribution in [2.45, 2.75) is 104 Å². The molecule has 1 rings (SSSR count). The van der Waals surface area contributed by atoms with E-state index in [0.717, 1.165) is 12.8 Å². The lowest BCUT2D eigenvalue weighted by atomic mass is 10.0. The average molecular weight is 363 g/mol. The Morgan fingerprint density at radius 2 is 1.19 bits per heavy atom. The quantitative estimate of drug-likeness (QED) is 0.199. The summed E-state index contributed by atoms with van der Waals surface area (Å²) in [6.45, 7) is 3.96. The van der Waals surface area contributed by atoms with Crippen LogP contribution in [0, 0.1) is 6.92 Å². The van der Waals surface area contributed by atoms with Crippen LogP contribution in [0.3, 0.4) is 0 Å². The molecule has 0 heterocycles. The molecule has 0 amide bonds. The average Bonchev–Trinajstić information content (AvgIpc) is 2.62. The number of carbonyl (C=O) groups is 1. The van der Waals surface area contributed by atoms with E-state index in [1.807, 2.05) is 0 Å². The van der Waals surface area contributed by atoms with Crippen molar-refractivity contribution in [3.8, 4) is 11.5 Å². The predicted octanol–water partition coefficient (Wildman–Crippen LogP) is 7.07. The Labute approximate surface area is 159 Å². The summed E-state index contributed by atoms with van der Waals surface area (Å²) >= 11 is 0. The second-order valence-corrected chi connectivity index (χ2v) is 7.57. The Morgan fingerprint density at radius 3 is 1.69 bits per heavy atom. The fourth-order valence-electron chi connectivity index (χ4n) is 3.34. The fourth-order valence-corrected chi connectivity index (χ4v) is 3.34. The van der Waals surface area contributed by atoms with E-state index in [4.69, 9.17) is 0 Å². The molecule has 0 aromatic heterocycles. The van der Waals surface area contributed by atoms with Gasteiger partial charge in [0.15, 0.2) is 5.78 Å². The standard InChI is InChI=1S/C23H38O3/c1-3-4-5-6-7-8-9-10-11-12-13-14-15-16-21(24)20-18-22(25)19(2)17-23(20)26/h17-18,25-26H,3-16H2,1-2H3. The van der Waals surface area contributed by atoms with Crippen molar-refractivity contribution in [2.24, 2.45) is 0 Å². The summed E-state index contributed by atoms with van der Waals surface area (Å²) in [5, 5.41) is 19.6. The number of ketones is 1. The van der Waals surface area contributed by atoms with Gasteiger partial charge >= 0.3 is 0 Å². The van der Waals surface area contributed by atoms with Crippen LogP contribution in [0.2, 0.25) is 0 Å². The molecule has 1 aromatic carbocycles. The van der Waals surface area contributed by atoms with Gasteiger partial charge in [0.1, 0.15) is 11.5 Å². The minimum Gasteiger partial charge on any atom is -0.508 e. The van der Waals surface area contributed by atoms with E-state index in [-0.39, 0.29) is 22.8 Å². The number of Topliss-reactive ketones (excluding diaryl/α,β-unsaturated/α-hetero) is 1. The minimum absolute atomic E-state index is 0.0278. The topological polar surface area (TPSA) is 57.5 Å². The molecule has 3 nitrogen and oxygen atoms in total.